The summed E-state index contributed by atoms with van der Waals surface area (Å²) in [4.78, 5) is 12.5. The lowest BCUT2D eigenvalue weighted by molar-refractivity contribution is -0.142. The van der Waals surface area contributed by atoms with Gasteiger partial charge in [0, 0.05) is 5.56 Å². The minimum absolute atomic E-state index is 0.00853. The van der Waals surface area contributed by atoms with Crippen molar-refractivity contribution >= 4 is 5.97 Å². The number of halogens is 4. The zero-order valence-electron chi connectivity index (χ0n) is 15.9. The third kappa shape index (κ3) is 3.56. The first-order chi connectivity index (χ1) is 14.8. The van der Waals surface area contributed by atoms with Gasteiger partial charge in [-0.1, -0.05) is 47.6 Å². The highest BCUT2D eigenvalue weighted by Gasteiger charge is 2.42. The van der Waals surface area contributed by atoms with E-state index < -0.39 is 40.7 Å². The number of para-hydroxylation sites is 1. The van der Waals surface area contributed by atoms with E-state index in [0.29, 0.717) is 10.2 Å². The number of ether oxygens (including phenoxy) is 1. The monoisotopic (exact) mass is 431 g/mol. The fourth-order valence-corrected chi connectivity index (χ4v) is 3.15. The van der Waals surface area contributed by atoms with E-state index in [1.54, 1.807) is 30.3 Å². The number of hydrogen-bond donors (Lipinski definition) is 0. The fourth-order valence-electron chi connectivity index (χ4n) is 3.15. The lowest BCUT2D eigenvalue weighted by Crippen LogP contribution is -2.15. The van der Waals surface area contributed by atoms with Crippen LogP contribution in [0.4, 0.5) is 17.6 Å². The van der Waals surface area contributed by atoms with E-state index in [1.165, 1.54) is 12.1 Å². The second kappa shape index (κ2) is 7.71. The van der Waals surface area contributed by atoms with Crippen molar-refractivity contribution in [1.82, 2.24) is 14.9 Å². The lowest BCUT2D eigenvalue weighted by atomic mass is 10.0. The van der Waals surface area contributed by atoms with E-state index >= 15 is 0 Å². The highest BCUT2D eigenvalue weighted by Crippen LogP contribution is 2.41. The number of nitrogens with zero attached hydrogens (tertiary/aromatic N) is 3. The maximum Gasteiger partial charge on any atom is 0.434 e. The largest absolute Gasteiger partial charge is 0.465 e. The number of rotatable bonds is 4. The minimum atomic E-state index is -4.96. The second-order valence-electron chi connectivity index (χ2n) is 6.36. The van der Waals surface area contributed by atoms with Gasteiger partial charge in [0.2, 0.25) is 0 Å². The molecule has 2 aromatic carbocycles. The van der Waals surface area contributed by atoms with Gasteiger partial charge in [-0.3, -0.25) is 0 Å². The van der Waals surface area contributed by atoms with Gasteiger partial charge in [0.25, 0.3) is 0 Å². The molecule has 2 aromatic heterocycles. The molecule has 4 rings (SSSR count). The Morgan fingerprint density at radius 2 is 1.74 bits per heavy atom. The van der Waals surface area contributed by atoms with Crippen LogP contribution >= 0.6 is 0 Å². The van der Waals surface area contributed by atoms with E-state index in [4.69, 9.17) is 9.26 Å². The van der Waals surface area contributed by atoms with Gasteiger partial charge < -0.3 is 9.26 Å². The number of esters is 1. The van der Waals surface area contributed by atoms with Gasteiger partial charge in [-0.15, -0.1) is 0 Å². The summed E-state index contributed by atoms with van der Waals surface area (Å²) in [5, 5.41) is 7.52. The second-order valence-corrected chi connectivity index (χ2v) is 6.36. The Bertz CT molecular complexity index is 1250. The zero-order valence-corrected chi connectivity index (χ0v) is 15.9. The van der Waals surface area contributed by atoms with Crippen LogP contribution in [-0.2, 0) is 10.9 Å². The average molecular weight is 431 g/mol. The van der Waals surface area contributed by atoms with Crippen molar-refractivity contribution < 1.29 is 31.6 Å². The van der Waals surface area contributed by atoms with Crippen LogP contribution in [0.2, 0.25) is 0 Å². The van der Waals surface area contributed by atoms with Crippen LogP contribution in [0.25, 0.3) is 28.3 Å². The van der Waals surface area contributed by atoms with Crippen LogP contribution in [0.5, 0.6) is 0 Å². The van der Waals surface area contributed by atoms with Crippen molar-refractivity contribution in [2.75, 3.05) is 7.11 Å². The summed E-state index contributed by atoms with van der Waals surface area (Å²) in [5.74, 6) is -2.33. The molecule has 4 aromatic rings. The summed E-state index contributed by atoms with van der Waals surface area (Å²) < 4.78 is 66.6. The number of hydrogen-bond acceptors (Lipinski definition) is 5. The van der Waals surface area contributed by atoms with E-state index in [0.717, 1.165) is 25.4 Å². The van der Waals surface area contributed by atoms with Crippen LogP contribution in [-0.4, -0.2) is 28.0 Å². The molecule has 0 aliphatic rings. The smallest absolute Gasteiger partial charge is 0.434 e. The molecular weight excluding hydrogens is 418 g/mol. The number of methoxy groups -OCH3 is 1. The highest BCUT2D eigenvalue weighted by molar-refractivity contribution is 6.02. The normalized spacial score (nSPS) is 11.5. The first-order valence-electron chi connectivity index (χ1n) is 8.86. The Morgan fingerprint density at radius 3 is 2.39 bits per heavy atom. The molecule has 10 heteroatoms. The summed E-state index contributed by atoms with van der Waals surface area (Å²) in [5.41, 5.74) is -2.16. The van der Waals surface area contributed by atoms with Crippen molar-refractivity contribution in [2.24, 2.45) is 0 Å². The Labute approximate surface area is 172 Å². The molecule has 0 atom stereocenters. The van der Waals surface area contributed by atoms with E-state index in [-0.39, 0.29) is 11.3 Å². The predicted octanol–water partition coefficient (Wildman–Crippen LogP) is 5.14. The molecule has 0 spiro atoms. The first kappa shape index (κ1) is 20.3. The average Bonchev–Trinajstić information content (AvgIpc) is 3.38. The van der Waals surface area contributed by atoms with E-state index in [9.17, 15) is 22.4 Å². The molecule has 0 aliphatic carbocycles. The van der Waals surface area contributed by atoms with Gasteiger partial charge in [-0.05, 0) is 12.1 Å². The van der Waals surface area contributed by atoms with Crippen LogP contribution in [0.15, 0.2) is 65.3 Å². The van der Waals surface area contributed by atoms with Gasteiger partial charge in [0.05, 0.1) is 18.9 Å². The molecule has 158 valence electrons. The zero-order chi connectivity index (χ0) is 22.2. The SMILES string of the molecule is COC(=O)c1c(-c2ccccc2)noc1-c1cnn(-c2ccccc2F)c1C(F)(F)F. The fraction of sp³-hybridized carbons (Fsp3) is 0.0952. The Morgan fingerprint density at radius 1 is 1.06 bits per heavy atom. The maximum absolute atomic E-state index is 14.2. The number of carbonyl (C=O) groups excluding carboxylic acids is 1. The molecule has 6 nitrogen and oxygen atoms in total. The number of aromatic nitrogens is 3. The highest BCUT2D eigenvalue weighted by atomic mass is 19.4. The predicted molar refractivity (Wildman–Crippen MR) is 101 cm³/mol. The number of alkyl halides is 3. The molecule has 0 saturated carbocycles. The number of carbonyl (C=O) groups is 1. The molecule has 0 unspecified atom stereocenters. The maximum atomic E-state index is 14.2. The molecular formula is C21H13F4N3O3. The van der Waals surface area contributed by atoms with Crippen LogP contribution in [0.3, 0.4) is 0 Å². The number of benzene rings is 2. The Hall–Kier alpha value is -3.95. The summed E-state index contributed by atoms with van der Waals surface area (Å²) in [6.45, 7) is 0. The van der Waals surface area contributed by atoms with Crippen LogP contribution in [0.1, 0.15) is 16.1 Å². The van der Waals surface area contributed by atoms with Crippen molar-refractivity contribution in [3.63, 3.8) is 0 Å². The van der Waals surface area contributed by atoms with Gasteiger partial charge in [-0.2, -0.15) is 18.3 Å². The summed E-state index contributed by atoms with van der Waals surface area (Å²) >= 11 is 0. The molecule has 0 N–H and O–H groups in total. The third-order valence-corrected chi connectivity index (χ3v) is 4.49. The molecule has 2 heterocycles. The molecule has 31 heavy (non-hydrogen) atoms. The summed E-state index contributed by atoms with van der Waals surface area (Å²) in [6, 6.07) is 13.2. The van der Waals surface area contributed by atoms with Gasteiger partial charge in [0.1, 0.15) is 22.8 Å². The Balaban J connectivity index is 1.99. The van der Waals surface area contributed by atoms with Crippen molar-refractivity contribution in [3.8, 4) is 28.3 Å². The van der Waals surface area contributed by atoms with Gasteiger partial charge in [-0.25, -0.2) is 13.9 Å². The van der Waals surface area contributed by atoms with Crippen molar-refractivity contribution in [3.05, 3.63) is 77.9 Å². The molecule has 0 bridgehead atoms. The molecule has 0 radical (unpaired) electrons. The molecule has 0 saturated heterocycles. The quantitative estimate of drug-likeness (QED) is 0.331. The van der Waals surface area contributed by atoms with Crippen molar-refractivity contribution in [1.29, 1.82) is 0 Å². The molecule has 0 aliphatic heterocycles. The minimum Gasteiger partial charge on any atom is -0.465 e. The summed E-state index contributed by atoms with van der Waals surface area (Å²) in [7, 11) is 1.08. The van der Waals surface area contributed by atoms with Gasteiger partial charge in [0.15, 0.2) is 11.5 Å². The first-order valence-corrected chi connectivity index (χ1v) is 8.86. The molecule has 0 amide bonds. The van der Waals surface area contributed by atoms with Crippen molar-refractivity contribution in [2.45, 2.75) is 6.18 Å². The summed E-state index contributed by atoms with van der Waals surface area (Å²) in [6.07, 6.45) is -4.11. The standard InChI is InChI=1S/C21H13F4N3O3/c1-30-20(29)16-17(12-7-3-2-4-8-12)27-31-18(16)13-11-26-28(19(13)21(23,24)25)15-10-6-5-9-14(15)22/h2-11H,1H3. The van der Waals surface area contributed by atoms with Crippen LogP contribution < -0.4 is 0 Å². The van der Waals surface area contributed by atoms with Crippen LogP contribution in [0, 0.1) is 5.82 Å². The Kier molecular flexibility index (Phi) is 5.05. The van der Waals surface area contributed by atoms with E-state index in [1.807, 2.05) is 0 Å². The topological polar surface area (TPSA) is 70.2 Å². The lowest BCUT2D eigenvalue weighted by Gasteiger charge is -2.12. The van der Waals surface area contributed by atoms with E-state index in [2.05, 4.69) is 10.3 Å². The van der Waals surface area contributed by atoms with Gasteiger partial charge >= 0.3 is 12.1 Å². The molecule has 0 fully saturated rings. The third-order valence-electron chi connectivity index (χ3n) is 4.49.